The summed E-state index contributed by atoms with van der Waals surface area (Å²) in [6, 6.07) is 12.0. The Hall–Kier alpha value is -3.55. The van der Waals surface area contributed by atoms with Gasteiger partial charge in [0, 0.05) is 17.5 Å². The van der Waals surface area contributed by atoms with E-state index in [0.29, 0.717) is 5.56 Å². The maximum Gasteiger partial charge on any atom is 0.311 e. The van der Waals surface area contributed by atoms with E-state index in [-0.39, 0.29) is 23.9 Å². The number of ketones is 1. The fourth-order valence-corrected chi connectivity index (χ4v) is 3.26. The third-order valence-electron chi connectivity index (χ3n) is 5.22. The number of carbonyl (C=O) groups is 4. The quantitative estimate of drug-likeness (QED) is 0.551. The number of nitrogens with one attached hydrogen (secondary N) is 1. The monoisotopic (exact) mass is 440 g/mol. The summed E-state index contributed by atoms with van der Waals surface area (Å²) in [5.74, 6) is -3.34. The Bertz CT molecular complexity index is 1030. The lowest BCUT2D eigenvalue weighted by molar-refractivity contribution is -0.147. The Morgan fingerprint density at radius 3 is 2.22 bits per heavy atom. The normalized spacial score (nSPS) is 16.1. The van der Waals surface area contributed by atoms with Crippen molar-refractivity contribution in [3.8, 4) is 0 Å². The highest BCUT2D eigenvalue weighted by Crippen LogP contribution is 2.22. The van der Waals surface area contributed by atoms with Gasteiger partial charge in [0.2, 0.25) is 5.91 Å². The molecule has 2 amide bonds. The molecule has 2 aromatic carbocycles. The average molecular weight is 440 g/mol. The molecule has 1 aliphatic rings. The SMILES string of the molecule is CC(C)(C)c1ccc(C(=O)NN2C[C@@H](C(=O)OCC(=O)c3ccc(F)cc3)CC2=O)cc1. The number of benzene rings is 2. The summed E-state index contributed by atoms with van der Waals surface area (Å²) < 4.78 is 18.0. The highest BCUT2D eigenvalue weighted by atomic mass is 19.1. The van der Waals surface area contributed by atoms with Gasteiger partial charge in [-0.15, -0.1) is 0 Å². The van der Waals surface area contributed by atoms with Crippen LogP contribution in [0.5, 0.6) is 0 Å². The van der Waals surface area contributed by atoms with Gasteiger partial charge in [0.1, 0.15) is 5.82 Å². The molecule has 0 aromatic heterocycles. The maximum atomic E-state index is 12.9. The van der Waals surface area contributed by atoms with Crippen LogP contribution in [0.3, 0.4) is 0 Å². The lowest BCUT2D eigenvalue weighted by Crippen LogP contribution is -2.43. The molecule has 0 saturated carbocycles. The van der Waals surface area contributed by atoms with Crippen LogP contribution in [0.1, 0.15) is 53.5 Å². The molecular weight excluding hydrogens is 415 g/mol. The van der Waals surface area contributed by atoms with Gasteiger partial charge in [-0.1, -0.05) is 32.9 Å². The van der Waals surface area contributed by atoms with E-state index < -0.39 is 41.9 Å². The molecule has 1 aliphatic heterocycles. The molecule has 32 heavy (non-hydrogen) atoms. The first-order chi connectivity index (χ1) is 15.0. The van der Waals surface area contributed by atoms with E-state index >= 15 is 0 Å². The van der Waals surface area contributed by atoms with Gasteiger partial charge in [-0.2, -0.15) is 0 Å². The number of esters is 1. The predicted octanol–water partition coefficient (Wildman–Crippen LogP) is 3.04. The predicted molar refractivity (Wildman–Crippen MR) is 114 cm³/mol. The van der Waals surface area contributed by atoms with E-state index in [4.69, 9.17) is 4.74 Å². The summed E-state index contributed by atoms with van der Waals surface area (Å²) in [5, 5.41) is 1.09. The number of hydrogen-bond donors (Lipinski definition) is 1. The highest BCUT2D eigenvalue weighted by molar-refractivity contribution is 5.99. The van der Waals surface area contributed by atoms with E-state index in [2.05, 4.69) is 26.2 Å². The van der Waals surface area contributed by atoms with Crippen LogP contribution in [0.2, 0.25) is 0 Å². The molecule has 1 fully saturated rings. The fraction of sp³-hybridized carbons (Fsp3) is 0.333. The average Bonchev–Trinajstić information content (AvgIpc) is 3.12. The Labute approximate surface area is 185 Å². The number of amides is 2. The molecular formula is C24H25FN2O5. The molecule has 0 unspecified atom stereocenters. The van der Waals surface area contributed by atoms with Crippen LogP contribution in [-0.4, -0.2) is 41.7 Å². The van der Waals surface area contributed by atoms with Crippen LogP contribution in [0.4, 0.5) is 4.39 Å². The summed E-state index contributed by atoms with van der Waals surface area (Å²) in [6.07, 6.45) is -0.132. The van der Waals surface area contributed by atoms with Crippen LogP contribution >= 0.6 is 0 Å². The van der Waals surface area contributed by atoms with Crippen molar-refractivity contribution < 1.29 is 28.3 Å². The second-order valence-corrected chi connectivity index (χ2v) is 8.71. The third kappa shape index (κ3) is 5.57. The van der Waals surface area contributed by atoms with Crippen molar-refractivity contribution in [3.63, 3.8) is 0 Å². The molecule has 1 saturated heterocycles. The lowest BCUT2D eigenvalue weighted by Gasteiger charge is -2.20. The van der Waals surface area contributed by atoms with Crippen molar-refractivity contribution in [2.75, 3.05) is 13.2 Å². The highest BCUT2D eigenvalue weighted by Gasteiger charge is 2.36. The molecule has 1 heterocycles. The largest absolute Gasteiger partial charge is 0.457 e. The van der Waals surface area contributed by atoms with E-state index in [1.54, 1.807) is 12.1 Å². The number of hydrazine groups is 1. The Morgan fingerprint density at radius 1 is 1.03 bits per heavy atom. The van der Waals surface area contributed by atoms with Crippen LogP contribution in [0.25, 0.3) is 0 Å². The molecule has 168 valence electrons. The van der Waals surface area contributed by atoms with Gasteiger partial charge in [0.05, 0.1) is 12.5 Å². The maximum absolute atomic E-state index is 12.9. The molecule has 1 atom stereocenters. The number of halogens is 1. The van der Waals surface area contributed by atoms with Crippen LogP contribution in [0, 0.1) is 11.7 Å². The summed E-state index contributed by atoms with van der Waals surface area (Å²) in [7, 11) is 0. The molecule has 0 radical (unpaired) electrons. The van der Waals surface area contributed by atoms with Crippen molar-refractivity contribution in [1.29, 1.82) is 0 Å². The summed E-state index contributed by atoms with van der Waals surface area (Å²) in [4.78, 5) is 49.1. The zero-order chi connectivity index (χ0) is 23.5. The Balaban J connectivity index is 1.52. The van der Waals surface area contributed by atoms with Crippen molar-refractivity contribution in [2.45, 2.75) is 32.6 Å². The molecule has 7 nitrogen and oxygen atoms in total. The van der Waals surface area contributed by atoms with Gasteiger partial charge < -0.3 is 4.74 Å². The van der Waals surface area contributed by atoms with Gasteiger partial charge in [-0.25, -0.2) is 4.39 Å². The van der Waals surface area contributed by atoms with Gasteiger partial charge in [0.15, 0.2) is 12.4 Å². The minimum absolute atomic E-state index is 0.0474. The molecule has 1 N–H and O–H groups in total. The number of rotatable bonds is 6. The third-order valence-corrected chi connectivity index (χ3v) is 5.22. The fourth-order valence-electron chi connectivity index (χ4n) is 3.26. The number of hydrogen-bond acceptors (Lipinski definition) is 5. The molecule has 2 aromatic rings. The lowest BCUT2D eigenvalue weighted by atomic mass is 9.87. The minimum atomic E-state index is -0.799. The zero-order valence-electron chi connectivity index (χ0n) is 18.2. The van der Waals surface area contributed by atoms with Crippen molar-refractivity contribution in [1.82, 2.24) is 10.4 Å². The van der Waals surface area contributed by atoms with Crippen LogP contribution in [0.15, 0.2) is 48.5 Å². The first-order valence-electron chi connectivity index (χ1n) is 10.2. The number of Topliss-reactive ketones (excluding diaryl/α,β-unsaturated/α-hetero) is 1. The van der Waals surface area contributed by atoms with Gasteiger partial charge >= 0.3 is 5.97 Å². The summed E-state index contributed by atoms with van der Waals surface area (Å²) in [6.45, 7) is 5.64. The van der Waals surface area contributed by atoms with Gasteiger partial charge in [-0.05, 0) is 47.4 Å². The zero-order valence-corrected chi connectivity index (χ0v) is 18.2. The first kappa shape index (κ1) is 23.1. The summed E-state index contributed by atoms with van der Waals surface area (Å²) >= 11 is 0. The Kier molecular flexibility index (Phi) is 6.72. The van der Waals surface area contributed by atoms with E-state index in [9.17, 15) is 23.6 Å². The standard InChI is InChI=1S/C24H25FN2O5/c1-24(2,3)18-8-4-16(5-9-18)22(30)26-27-13-17(12-21(27)29)23(31)32-14-20(28)15-6-10-19(25)11-7-15/h4-11,17H,12-14H2,1-3H3,(H,26,30)/t17-/m0/s1. The number of ether oxygens (including phenoxy) is 1. The molecule has 0 bridgehead atoms. The second kappa shape index (κ2) is 9.30. The molecule has 0 spiro atoms. The van der Waals surface area contributed by atoms with Crippen LogP contribution < -0.4 is 5.43 Å². The second-order valence-electron chi connectivity index (χ2n) is 8.71. The number of nitrogens with zero attached hydrogens (tertiary/aromatic N) is 1. The van der Waals surface area contributed by atoms with E-state index in [1.165, 1.54) is 12.1 Å². The Morgan fingerprint density at radius 2 is 1.62 bits per heavy atom. The van der Waals surface area contributed by atoms with Gasteiger partial charge in [-0.3, -0.25) is 29.6 Å². The molecule has 8 heteroatoms. The van der Waals surface area contributed by atoms with Crippen molar-refractivity contribution in [2.24, 2.45) is 5.92 Å². The minimum Gasteiger partial charge on any atom is -0.457 e. The number of carbonyl (C=O) groups excluding carboxylic acids is 4. The summed E-state index contributed by atoms with van der Waals surface area (Å²) in [5.41, 5.74) is 4.15. The van der Waals surface area contributed by atoms with Crippen molar-refractivity contribution >= 4 is 23.6 Å². The first-order valence-corrected chi connectivity index (χ1v) is 10.2. The topological polar surface area (TPSA) is 92.8 Å². The van der Waals surface area contributed by atoms with Gasteiger partial charge in [0.25, 0.3) is 5.91 Å². The smallest absolute Gasteiger partial charge is 0.311 e. The van der Waals surface area contributed by atoms with Crippen molar-refractivity contribution in [3.05, 3.63) is 71.0 Å². The van der Waals surface area contributed by atoms with E-state index in [0.717, 1.165) is 22.7 Å². The molecule has 0 aliphatic carbocycles. The van der Waals surface area contributed by atoms with E-state index in [1.807, 2.05) is 12.1 Å². The van der Waals surface area contributed by atoms with Crippen LogP contribution in [-0.2, 0) is 19.7 Å². The molecule has 3 rings (SSSR count).